The van der Waals surface area contributed by atoms with Crippen molar-refractivity contribution in [1.82, 2.24) is 0 Å². The largest absolute Gasteiger partial charge is 0.427 e. The van der Waals surface area contributed by atoms with Crippen LogP contribution in [0.5, 0.6) is 5.75 Å². The number of rotatable bonds is 2. The SMILES string of the molecule is CC(=O)Oc1ccc2cc(C=O)ccc2c1. The summed E-state index contributed by atoms with van der Waals surface area (Å²) in [4.78, 5) is 21.4. The first-order valence-corrected chi connectivity index (χ1v) is 4.86. The Balaban J connectivity index is 2.47. The second-order valence-electron chi connectivity index (χ2n) is 3.48. The highest BCUT2D eigenvalue weighted by molar-refractivity contribution is 5.90. The average Bonchev–Trinajstić information content (AvgIpc) is 2.27. The molecule has 0 aliphatic rings. The van der Waals surface area contributed by atoms with Gasteiger partial charge in [-0.1, -0.05) is 18.2 Å². The molecule has 80 valence electrons. The minimum atomic E-state index is -0.344. The predicted octanol–water partition coefficient (Wildman–Crippen LogP) is 2.58. The lowest BCUT2D eigenvalue weighted by molar-refractivity contribution is -0.131. The van der Waals surface area contributed by atoms with E-state index in [0.29, 0.717) is 11.3 Å². The van der Waals surface area contributed by atoms with E-state index in [-0.39, 0.29) is 5.97 Å². The van der Waals surface area contributed by atoms with E-state index in [0.717, 1.165) is 17.1 Å². The second kappa shape index (κ2) is 4.14. The molecule has 0 heterocycles. The zero-order valence-corrected chi connectivity index (χ0v) is 8.77. The zero-order chi connectivity index (χ0) is 11.5. The van der Waals surface area contributed by atoms with E-state index in [1.54, 1.807) is 24.3 Å². The quantitative estimate of drug-likeness (QED) is 0.438. The van der Waals surface area contributed by atoms with Gasteiger partial charge in [0.2, 0.25) is 0 Å². The molecular formula is C13H10O3. The first kappa shape index (κ1) is 10.4. The van der Waals surface area contributed by atoms with Gasteiger partial charge in [-0.2, -0.15) is 0 Å². The van der Waals surface area contributed by atoms with E-state index in [4.69, 9.17) is 4.74 Å². The van der Waals surface area contributed by atoms with E-state index in [1.165, 1.54) is 6.92 Å². The molecule has 2 aromatic rings. The monoisotopic (exact) mass is 214 g/mol. The van der Waals surface area contributed by atoms with Gasteiger partial charge in [-0.15, -0.1) is 0 Å². The molecule has 0 aliphatic carbocycles. The molecule has 0 aromatic heterocycles. The fourth-order valence-electron chi connectivity index (χ4n) is 1.55. The summed E-state index contributed by atoms with van der Waals surface area (Å²) in [5.41, 5.74) is 0.632. The maximum atomic E-state index is 10.8. The molecule has 0 N–H and O–H groups in total. The molecule has 0 saturated carbocycles. The van der Waals surface area contributed by atoms with Gasteiger partial charge in [-0.3, -0.25) is 9.59 Å². The van der Waals surface area contributed by atoms with Crippen molar-refractivity contribution in [3.63, 3.8) is 0 Å². The molecule has 0 bridgehead atoms. The summed E-state index contributed by atoms with van der Waals surface area (Å²) in [6.07, 6.45) is 0.805. The van der Waals surface area contributed by atoms with Crippen molar-refractivity contribution in [1.29, 1.82) is 0 Å². The Morgan fingerprint density at radius 2 is 1.81 bits per heavy atom. The first-order chi connectivity index (χ1) is 7.69. The summed E-state index contributed by atoms with van der Waals surface area (Å²) in [5, 5.41) is 1.88. The van der Waals surface area contributed by atoms with Gasteiger partial charge in [0, 0.05) is 12.5 Å². The number of aldehydes is 1. The van der Waals surface area contributed by atoms with Crippen LogP contribution in [0.1, 0.15) is 17.3 Å². The van der Waals surface area contributed by atoms with Crippen LogP contribution in [0, 0.1) is 0 Å². The molecule has 0 aliphatic heterocycles. The van der Waals surface area contributed by atoms with Gasteiger partial charge in [0.15, 0.2) is 0 Å². The maximum absolute atomic E-state index is 10.8. The van der Waals surface area contributed by atoms with Gasteiger partial charge >= 0.3 is 5.97 Å². The van der Waals surface area contributed by atoms with Gasteiger partial charge in [0.05, 0.1) is 0 Å². The molecule has 0 fully saturated rings. The Hall–Kier alpha value is -2.16. The highest BCUT2D eigenvalue weighted by Crippen LogP contribution is 2.21. The van der Waals surface area contributed by atoms with Crippen LogP contribution in [-0.4, -0.2) is 12.3 Å². The van der Waals surface area contributed by atoms with E-state index in [9.17, 15) is 9.59 Å². The number of benzene rings is 2. The molecule has 0 unspecified atom stereocenters. The predicted molar refractivity (Wildman–Crippen MR) is 60.6 cm³/mol. The normalized spacial score (nSPS) is 10.1. The van der Waals surface area contributed by atoms with Crippen LogP contribution < -0.4 is 4.74 Å². The molecule has 0 radical (unpaired) electrons. The number of hydrogen-bond acceptors (Lipinski definition) is 3. The minimum Gasteiger partial charge on any atom is -0.427 e. The number of hydrogen-bond donors (Lipinski definition) is 0. The molecule has 3 heteroatoms. The van der Waals surface area contributed by atoms with Crippen molar-refractivity contribution in [2.24, 2.45) is 0 Å². The van der Waals surface area contributed by atoms with Crippen molar-refractivity contribution in [3.8, 4) is 5.75 Å². The third-order valence-electron chi connectivity index (χ3n) is 2.23. The number of carbonyl (C=O) groups excluding carboxylic acids is 2. The summed E-state index contributed by atoms with van der Waals surface area (Å²) in [6, 6.07) is 10.6. The Morgan fingerprint density at radius 1 is 1.12 bits per heavy atom. The van der Waals surface area contributed by atoms with E-state index >= 15 is 0 Å². The number of esters is 1. The molecule has 2 rings (SSSR count). The first-order valence-electron chi connectivity index (χ1n) is 4.86. The lowest BCUT2D eigenvalue weighted by Gasteiger charge is -2.03. The van der Waals surface area contributed by atoms with Crippen molar-refractivity contribution in [2.45, 2.75) is 6.92 Å². The van der Waals surface area contributed by atoms with Gasteiger partial charge in [0.1, 0.15) is 12.0 Å². The molecule has 0 atom stereocenters. The minimum absolute atomic E-state index is 0.344. The highest BCUT2D eigenvalue weighted by atomic mass is 16.5. The van der Waals surface area contributed by atoms with Gasteiger partial charge < -0.3 is 4.74 Å². The third-order valence-corrected chi connectivity index (χ3v) is 2.23. The van der Waals surface area contributed by atoms with Crippen molar-refractivity contribution in [2.75, 3.05) is 0 Å². The molecule has 3 nitrogen and oxygen atoms in total. The van der Waals surface area contributed by atoms with Crippen LogP contribution >= 0.6 is 0 Å². The van der Waals surface area contributed by atoms with Crippen molar-refractivity contribution in [3.05, 3.63) is 42.0 Å². The molecule has 0 spiro atoms. The van der Waals surface area contributed by atoms with E-state index < -0.39 is 0 Å². The van der Waals surface area contributed by atoms with Crippen molar-refractivity contribution < 1.29 is 14.3 Å². The molecule has 16 heavy (non-hydrogen) atoms. The van der Waals surface area contributed by atoms with Gasteiger partial charge in [-0.25, -0.2) is 0 Å². The fraction of sp³-hybridized carbons (Fsp3) is 0.0769. The average molecular weight is 214 g/mol. The summed E-state index contributed by atoms with van der Waals surface area (Å²) in [5.74, 6) is 0.169. The van der Waals surface area contributed by atoms with Crippen LogP contribution in [0.3, 0.4) is 0 Å². The van der Waals surface area contributed by atoms with Crippen LogP contribution in [0.15, 0.2) is 36.4 Å². The number of carbonyl (C=O) groups is 2. The molecule has 0 amide bonds. The Labute approximate surface area is 92.6 Å². The van der Waals surface area contributed by atoms with Crippen molar-refractivity contribution >= 4 is 23.0 Å². The Morgan fingerprint density at radius 3 is 2.50 bits per heavy atom. The van der Waals surface area contributed by atoms with Crippen LogP contribution in [0.4, 0.5) is 0 Å². The summed E-state index contributed by atoms with van der Waals surface area (Å²) in [6.45, 7) is 1.36. The molecular weight excluding hydrogens is 204 g/mol. The topological polar surface area (TPSA) is 43.4 Å². The summed E-state index contributed by atoms with van der Waals surface area (Å²) in [7, 11) is 0. The van der Waals surface area contributed by atoms with Crippen LogP contribution in [0.2, 0.25) is 0 Å². The van der Waals surface area contributed by atoms with E-state index in [1.807, 2.05) is 12.1 Å². The van der Waals surface area contributed by atoms with Gasteiger partial charge in [0.25, 0.3) is 0 Å². The second-order valence-corrected chi connectivity index (χ2v) is 3.48. The zero-order valence-electron chi connectivity index (χ0n) is 8.77. The number of ether oxygens (including phenoxy) is 1. The molecule has 0 saturated heterocycles. The van der Waals surface area contributed by atoms with Crippen LogP contribution in [0.25, 0.3) is 10.8 Å². The Kier molecular flexibility index (Phi) is 2.68. The fourth-order valence-corrected chi connectivity index (χ4v) is 1.55. The van der Waals surface area contributed by atoms with Gasteiger partial charge in [-0.05, 0) is 29.0 Å². The highest BCUT2D eigenvalue weighted by Gasteiger charge is 2.00. The lowest BCUT2D eigenvalue weighted by atomic mass is 10.1. The van der Waals surface area contributed by atoms with E-state index in [2.05, 4.69) is 0 Å². The van der Waals surface area contributed by atoms with Crippen LogP contribution in [-0.2, 0) is 4.79 Å². The standard InChI is InChI=1S/C13H10O3/c1-9(15)16-13-5-4-11-6-10(8-14)2-3-12(11)7-13/h2-8H,1H3. The third kappa shape index (κ3) is 2.08. The Bertz CT molecular complexity index is 558. The number of fused-ring (bicyclic) bond motifs is 1. The summed E-state index contributed by atoms with van der Waals surface area (Å²) < 4.78 is 4.97. The molecule has 2 aromatic carbocycles. The summed E-state index contributed by atoms with van der Waals surface area (Å²) >= 11 is 0. The lowest BCUT2D eigenvalue weighted by Crippen LogP contribution is -2.00. The smallest absolute Gasteiger partial charge is 0.308 e. The maximum Gasteiger partial charge on any atom is 0.308 e.